The highest BCUT2D eigenvalue weighted by Gasteiger charge is 2.38. The van der Waals surface area contributed by atoms with Crippen LogP contribution in [-0.4, -0.2) is 71.7 Å². The maximum atomic E-state index is 13.3. The van der Waals surface area contributed by atoms with Crippen LogP contribution in [0, 0.1) is 0 Å². The molecule has 4 heterocycles. The number of benzene rings is 4. The Balaban J connectivity index is 1.22. The number of hydrogen-bond donors (Lipinski definition) is 2. The Labute approximate surface area is 489 Å². The molecule has 5 aliphatic carbocycles. The molecule has 12 heteroatoms. The Morgan fingerprint density at radius 2 is 0.619 bits per heavy atom. The summed E-state index contributed by atoms with van der Waals surface area (Å²) in [4.78, 5) is 74.0. The first-order valence-corrected chi connectivity index (χ1v) is 30.6. The van der Waals surface area contributed by atoms with Crippen molar-refractivity contribution in [3.63, 3.8) is 0 Å². The molecule has 13 rings (SSSR count). The molecule has 0 unspecified atom stereocenters. The number of nitrogens with one attached hydrogen (secondary N) is 2. The number of nitrogens with zero attached hydrogens (tertiary/aromatic N) is 2. The molecule has 12 nitrogen and oxygen atoms in total. The molecule has 2 aliphatic heterocycles. The second-order valence-electron chi connectivity index (χ2n) is 22.7. The molecule has 0 radical (unpaired) electrons. The topological polar surface area (TPSA) is 161 Å². The molecule has 2 N–H and O–H groups in total. The summed E-state index contributed by atoms with van der Waals surface area (Å²) in [7, 11) is 0. The fraction of sp³-hybridized carbons (Fsp3) is 0.333. The van der Waals surface area contributed by atoms with E-state index in [1.165, 1.54) is 44.5 Å². The van der Waals surface area contributed by atoms with Crippen LogP contribution >= 0.6 is 0 Å². The van der Waals surface area contributed by atoms with Crippen LogP contribution < -0.4 is 10.7 Å². The number of carbonyl (C=O) groups is 4. The minimum Gasteiger partial charge on any atom is -0.462 e. The minimum absolute atomic E-state index is 0.272. The zero-order valence-electron chi connectivity index (χ0n) is 48.5. The van der Waals surface area contributed by atoms with Crippen molar-refractivity contribution < 1.29 is 38.1 Å². The monoisotopic (exact) mass is 1120 g/mol. The molecule has 7 aliphatic rings. The van der Waals surface area contributed by atoms with Crippen molar-refractivity contribution in [2.45, 2.75) is 130 Å². The molecule has 0 atom stereocenters. The molecule has 4 aromatic carbocycles. The van der Waals surface area contributed by atoms with Crippen molar-refractivity contribution in [1.29, 1.82) is 0 Å². The summed E-state index contributed by atoms with van der Waals surface area (Å²) in [6, 6.07) is 31.5. The van der Waals surface area contributed by atoms with Crippen LogP contribution in [0.15, 0.2) is 141 Å². The average Bonchev–Trinajstić information content (AvgIpc) is 2.54. The van der Waals surface area contributed by atoms with Gasteiger partial charge in [0.1, 0.15) is 0 Å². The summed E-state index contributed by atoms with van der Waals surface area (Å²) in [5.41, 5.74) is 25.1. The maximum Gasteiger partial charge on any atom is 0.338 e. The summed E-state index contributed by atoms with van der Waals surface area (Å²) in [5, 5.41) is 2.01. The van der Waals surface area contributed by atoms with Crippen molar-refractivity contribution in [3.05, 3.63) is 220 Å². The summed E-state index contributed by atoms with van der Waals surface area (Å²) in [6.45, 7) is 8.39. The van der Waals surface area contributed by atoms with Crippen molar-refractivity contribution >= 4 is 57.6 Å². The fourth-order valence-corrected chi connectivity index (χ4v) is 14.0. The molecule has 8 bridgehead atoms. The SMILES string of the molecule is CCOC(=O)c1ccc(/C2=C3N=C(C4=C/3CCCC4)/C(c3ccc(C(=O)OCC)cc3)=c3\[nH]/c(c4c3CCCC4)=C(/c3ccc(C(=O)OCC)cc3)C3=N/C(=C(/c4ccc(C(=O)OCC)cc4)c4[nH]c2c2c4CCCC2)C2=C3CCCC2)cc1. The first-order chi connectivity index (χ1) is 41.2. The van der Waals surface area contributed by atoms with Crippen LogP contribution in [0.1, 0.15) is 202 Å². The van der Waals surface area contributed by atoms with E-state index in [1.54, 1.807) is 0 Å². The first kappa shape index (κ1) is 54.6. The van der Waals surface area contributed by atoms with E-state index in [0.29, 0.717) is 22.3 Å². The van der Waals surface area contributed by atoms with Crippen LogP contribution in [0.3, 0.4) is 0 Å². The van der Waals surface area contributed by atoms with Crippen molar-refractivity contribution in [2.75, 3.05) is 26.4 Å². The lowest BCUT2D eigenvalue weighted by Crippen LogP contribution is -2.25. The van der Waals surface area contributed by atoms with Crippen molar-refractivity contribution in [2.24, 2.45) is 9.98 Å². The van der Waals surface area contributed by atoms with Gasteiger partial charge in [-0.25, -0.2) is 29.2 Å². The van der Waals surface area contributed by atoms with Crippen LogP contribution in [0.25, 0.3) is 22.3 Å². The van der Waals surface area contributed by atoms with E-state index in [0.717, 1.165) is 192 Å². The first-order valence-electron chi connectivity index (χ1n) is 30.6. The quantitative estimate of drug-likeness (QED) is 0.0904. The lowest BCUT2D eigenvalue weighted by atomic mass is 9.82. The normalized spacial score (nSPS) is 20.3. The number of aliphatic imine (C=N–C) groups is 2. The third-order valence-electron chi connectivity index (χ3n) is 17.9. The zero-order chi connectivity index (χ0) is 57.6. The molecular weight excluding hydrogens is 1050 g/mol. The minimum atomic E-state index is -0.369. The number of aromatic amines is 2. The van der Waals surface area contributed by atoms with Crippen molar-refractivity contribution in [3.8, 4) is 0 Å². The van der Waals surface area contributed by atoms with Gasteiger partial charge in [0.15, 0.2) is 0 Å². The molecular formula is C72H70N4O8. The van der Waals surface area contributed by atoms with Crippen LogP contribution in [0.5, 0.6) is 0 Å². The third-order valence-corrected chi connectivity index (χ3v) is 17.9. The molecule has 2 aromatic heterocycles. The highest BCUT2D eigenvalue weighted by atomic mass is 16.5. The maximum absolute atomic E-state index is 13.3. The number of rotatable bonds is 12. The number of aromatic nitrogens is 2. The molecule has 0 saturated carbocycles. The number of H-pyrrole nitrogens is 2. The third kappa shape index (κ3) is 9.66. The highest BCUT2D eigenvalue weighted by molar-refractivity contribution is 6.35. The average molecular weight is 1120 g/mol. The molecule has 0 spiro atoms. The van der Waals surface area contributed by atoms with Gasteiger partial charge in [-0.15, -0.1) is 0 Å². The second kappa shape index (κ2) is 23.2. The van der Waals surface area contributed by atoms with Gasteiger partial charge in [0.25, 0.3) is 0 Å². The largest absolute Gasteiger partial charge is 0.462 e. The van der Waals surface area contributed by atoms with Crippen LogP contribution in [0.2, 0.25) is 0 Å². The number of carbonyl (C=O) groups excluding carboxylic acids is 4. The van der Waals surface area contributed by atoms with E-state index in [1.807, 2.05) is 76.2 Å². The standard InChI is InChI=1S/C72H70N4O8/c1-5-81-69(77)45-33-25-41(26-34-45)57-61-49-17-9-11-19-51(49)63(73-61)58(42-27-35-46(36-28-42)70(78)82-6-2)65-53-21-13-15-23-55(53)67(75-65)60(44-31-39-48(40-32-44)72(80)84-8-4)68-56-24-16-14-22-54(56)66(76-68)59(43-29-37-47(38-30-43)71(79)83-7-3)64-52-20-12-10-18-50(52)62(57)74-64/h25-40,73,76H,5-24H2,1-4H3/b61-57-,62-57?,63-58-,64-59-,65-58?,66-59?,67-60-,68-60?. The summed E-state index contributed by atoms with van der Waals surface area (Å²) in [5.74, 6) is -1.47. The molecule has 426 valence electrons. The van der Waals surface area contributed by atoms with E-state index in [9.17, 15) is 19.2 Å². The van der Waals surface area contributed by atoms with Crippen LogP contribution in [-0.2, 0) is 44.6 Å². The summed E-state index contributed by atoms with van der Waals surface area (Å²) in [6.07, 6.45) is 14.7. The van der Waals surface area contributed by atoms with Gasteiger partial charge in [-0.05, 0) is 246 Å². The number of allylic oxidation sites excluding steroid dienone is 4. The lowest BCUT2D eigenvalue weighted by Gasteiger charge is -2.20. The van der Waals surface area contributed by atoms with Gasteiger partial charge in [-0.3, -0.25) is 0 Å². The van der Waals surface area contributed by atoms with Crippen molar-refractivity contribution in [1.82, 2.24) is 9.97 Å². The molecule has 84 heavy (non-hydrogen) atoms. The van der Waals surface area contributed by atoms with E-state index in [-0.39, 0.29) is 50.3 Å². The molecule has 0 saturated heterocycles. The number of esters is 4. The zero-order valence-corrected chi connectivity index (χ0v) is 48.5. The van der Waals surface area contributed by atoms with E-state index in [4.69, 9.17) is 28.9 Å². The molecule has 0 amide bonds. The number of ether oxygens (including phenoxy) is 4. The molecule has 6 aromatic rings. The Hall–Kier alpha value is -8.64. The van der Waals surface area contributed by atoms with Gasteiger partial charge < -0.3 is 28.9 Å². The van der Waals surface area contributed by atoms with Gasteiger partial charge in [0.2, 0.25) is 0 Å². The Bertz CT molecular complexity index is 3780. The fourth-order valence-electron chi connectivity index (χ4n) is 14.0. The van der Waals surface area contributed by atoms with Gasteiger partial charge in [-0.2, -0.15) is 0 Å². The second-order valence-corrected chi connectivity index (χ2v) is 22.7. The predicted octanol–water partition coefficient (Wildman–Crippen LogP) is 13.1. The van der Waals surface area contributed by atoms with Gasteiger partial charge >= 0.3 is 23.9 Å². The van der Waals surface area contributed by atoms with Gasteiger partial charge in [-0.1, -0.05) is 48.5 Å². The number of hydrogen-bond acceptors (Lipinski definition) is 10. The van der Waals surface area contributed by atoms with Gasteiger partial charge in [0.05, 0.1) is 93.6 Å². The van der Waals surface area contributed by atoms with Crippen LogP contribution in [0.4, 0.5) is 0 Å². The lowest BCUT2D eigenvalue weighted by molar-refractivity contribution is 0.0516. The van der Waals surface area contributed by atoms with E-state index >= 15 is 0 Å². The predicted molar refractivity (Wildman–Crippen MR) is 327 cm³/mol. The molecule has 0 fully saturated rings. The smallest absolute Gasteiger partial charge is 0.338 e. The summed E-state index contributed by atoms with van der Waals surface area (Å²) < 4.78 is 22.1. The Morgan fingerprint density at radius 3 is 0.929 bits per heavy atom. The van der Waals surface area contributed by atoms with Gasteiger partial charge in [0, 0.05) is 22.3 Å². The Kier molecular flexibility index (Phi) is 15.1. The summed E-state index contributed by atoms with van der Waals surface area (Å²) >= 11 is 0. The highest BCUT2D eigenvalue weighted by Crippen LogP contribution is 2.50. The van der Waals surface area contributed by atoms with E-state index in [2.05, 4.69) is 58.5 Å². The Morgan fingerprint density at radius 1 is 0.345 bits per heavy atom. The van der Waals surface area contributed by atoms with E-state index < -0.39 is 0 Å².